The van der Waals surface area contributed by atoms with Gasteiger partial charge in [0.05, 0.1) is 0 Å². The second-order valence-corrected chi connectivity index (χ2v) is 2.61. The van der Waals surface area contributed by atoms with Crippen molar-refractivity contribution in [1.82, 2.24) is 5.32 Å². The summed E-state index contributed by atoms with van der Waals surface area (Å²) in [7, 11) is 0. The molecule has 0 saturated carbocycles. The second kappa shape index (κ2) is 4.78. The Morgan fingerprint density at radius 3 is 3.00 bits per heavy atom. The van der Waals surface area contributed by atoms with Crippen LogP contribution in [0.2, 0.25) is 0 Å². The van der Waals surface area contributed by atoms with Crippen LogP contribution >= 0.6 is 0 Å². The predicted molar refractivity (Wildman–Crippen MR) is 49.3 cm³/mol. The zero-order valence-electron chi connectivity index (χ0n) is 7.01. The van der Waals surface area contributed by atoms with Crippen LogP contribution in [0.3, 0.4) is 0 Å². The number of allylic oxidation sites excluding steroid dienone is 5. The summed E-state index contributed by atoms with van der Waals surface area (Å²) in [6.07, 6.45) is 13.0. The summed E-state index contributed by atoms with van der Waals surface area (Å²) >= 11 is 0. The first-order valence-electron chi connectivity index (χ1n) is 4.17. The third-order valence-corrected chi connectivity index (χ3v) is 1.65. The molecule has 0 bridgehead atoms. The van der Waals surface area contributed by atoms with Crippen LogP contribution in [0.4, 0.5) is 0 Å². The van der Waals surface area contributed by atoms with Gasteiger partial charge in [-0.15, -0.1) is 0 Å². The first-order valence-corrected chi connectivity index (χ1v) is 4.17. The molecule has 0 fully saturated rings. The minimum absolute atomic E-state index is 1.12. The molecular weight excluding hydrogens is 134 g/mol. The molecule has 1 nitrogen and oxygen atoms in total. The van der Waals surface area contributed by atoms with E-state index in [1.54, 1.807) is 0 Å². The molecule has 1 heterocycles. The zero-order valence-corrected chi connectivity index (χ0v) is 7.01. The van der Waals surface area contributed by atoms with Gasteiger partial charge in [-0.1, -0.05) is 24.3 Å². The minimum Gasteiger partial charge on any atom is -0.385 e. The van der Waals surface area contributed by atoms with Crippen LogP contribution in [0.5, 0.6) is 0 Å². The van der Waals surface area contributed by atoms with E-state index < -0.39 is 0 Å². The van der Waals surface area contributed by atoms with Gasteiger partial charge in [0.1, 0.15) is 0 Å². The molecular formula is C10H15N. The first kappa shape index (κ1) is 8.12. The predicted octanol–water partition coefficient (Wildman–Crippen LogP) is 2.39. The molecule has 1 heteroatoms. The summed E-state index contributed by atoms with van der Waals surface area (Å²) < 4.78 is 0. The number of hydrogen-bond donors (Lipinski definition) is 1. The Morgan fingerprint density at radius 1 is 1.45 bits per heavy atom. The van der Waals surface area contributed by atoms with Gasteiger partial charge in [0.25, 0.3) is 0 Å². The molecule has 0 aromatic heterocycles. The molecule has 60 valence electrons. The molecule has 1 aliphatic heterocycles. The molecule has 1 aliphatic rings. The van der Waals surface area contributed by atoms with Crippen molar-refractivity contribution in [2.75, 3.05) is 6.54 Å². The molecule has 11 heavy (non-hydrogen) atoms. The highest BCUT2D eigenvalue weighted by atomic mass is 14.9. The zero-order chi connectivity index (χ0) is 7.94. The van der Waals surface area contributed by atoms with Gasteiger partial charge in [0, 0.05) is 12.2 Å². The summed E-state index contributed by atoms with van der Waals surface area (Å²) in [6, 6.07) is 0. The average molecular weight is 149 g/mol. The lowest BCUT2D eigenvalue weighted by Gasteiger charge is -2.11. The van der Waals surface area contributed by atoms with Gasteiger partial charge in [0.2, 0.25) is 0 Å². The third kappa shape index (κ3) is 3.08. The van der Waals surface area contributed by atoms with Gasteiger partial charge in [-0.05, 0) is 25.8 Å². The van der Waals surface area contributed by atoms with E-state index in [-0.39, 0.29) is 0 Å². The van der Waals surface area contributed by atoms with Crippen LogP contribution in [0.25, 0.3) is 0 Å². The van der Waals surface area contributed by atoms with Gasteiger partial charge in [0.15, 0.2) is 0 Å². The molecule has 0 aromatic rings. The molecule has 0 unspecified atom stereocenters. The Hall–Kier alpha value is -0.980. The Bertz CT molecular complexity index is 187. The monoisotopic (exact) mass is 149 g/mol. The molecule has 0 aromatic carbocycles. The summed E-state index contributed by atoms with van der Waals surface area (Å²) in [5.41, 5.74) is 1.26. The highest BCUT2D eigenvalue weighted by Gasteiger charge is 1.95. The van der Waals surface area contributed by atoms with Crippen molar-refractivity contribution in [1.29, 1.82) is 0 Å². The average Bonchev–Trinajstić information content (AvgIpc) is 2.07. The molecule has 0 amide bonds. The van der Waals surface area contributed by atoms with Crippen molar-refractivity contribution < 1.29 is 0 Å². The molecule has 0 spiro atoms. The second-order valence-electron chi connectivity index (χ2n) is 2.61. The molecule has 0 saturated heterocycles. The lowest BCUT2D eigenvalue weighted by atomic mass is 10.2. The van der Waals surface area contributed by atoms with Crippen LogP contribution in [0.15, 0.2) is 36.1 Å². The minimum atomic E-state index is 1.12. The summed E-state index contributed by atoms with van der Waals surface area (Å²) in [5.74, 6) is 0. The summed E-state index contributed by atoms with van der Waals surface area (Å²) in [6.45, 7) is 3.14. The van der Waals surface area contributed by atoms with Crippen LogP contribution in [0.1, 0.15) is 19.8 Å². The van der Waals surface area contributed by atoms with Crippen LogP contribution in [-0.2, 0) is 0 Å². The fourth-order valence-corrected chi connectivity index (χ4v) is 1.06. The van der Waals surface area contributed by atoms with E-state index in [0.29, 0.717) is 0 Å². The fraction of sp³-hybridized carbons (Fsp3) is 0.400. The lowest BCUT2D eigenvalue weighted by Crippen LogP contribution is -2.16. The Labute approximate surface area is 68.5 Å². The standard InChI is InChI=1S/C10H15N/c1-2-3-4-7-10-8-5-6-9-11-10/h2-4,7-8,11H,5-6,9H2,1H3. The van der Waals surface area contributed by atoms with Crippen molar-refractivity contribution in [3.05, 3.63) is 36.1 Å². The summed E-state index contributed by atoms with van der Waals surface area (Å²) in [4.78, 5) is 0. The number of hydrogen-bond acceptors (Lipinski definition) is 1. The lowest BCUT2D eigenvalue weighted by molar-refractivity contribution is 0.703. The molecule has 1 rings (SSSR count). The van der Waals surface area contributed by atoms with E-state index in [2.05, 4.69) is 23.5 Å². The highest BCUT2D eigenvalue weighted by molar-refractivity contribution is 5.21. The third-order valence-electron chi connectivity index (χ3n) is 1.65. The largest absolute Gasteiger partial charge is 0.385 e. The van der Waals surface area contributed by atoms with Gasteiger partial charge < -0.3 is 5.32 Å². The van der Waals surface area contributed by atoms with Crippen molar-refractivity contribution in [2.45, 2.75) is 19.8 Å². The maximum atomic E-state index is 3.32. The van der Waals surface area contributed by atoms with Gasteiger partial charge in [-0.3, -0.25) is 0 Å². The SMILES string of the molecule is CC=CC=CC1=CCCCN1. The summed E-state index contributed by atoms with van der Waals surface area (Å²) in [5, 5.41) is 3.32. The van der Waals surface area contributed by atoms with Crippen molar-refractivity contribution >= 4 is 0 Å². The Morgan fingerprint density at radius 2 is 2.36 bits per heavy atom. The molecule has 1 N–H and O–H groups in total. The maximum absolute atomic E-state index is 3.32. The van der Waals surface area contributed by atoms with E-state index in [0.717, 1.165) is 6.54 Å². The van der Waals surface area contributed by atoms with Crippen molar-refractivity contribution in [3.8, 4) is 0 Å². The maximum Gasteiger partial charge on any atom is 0.0299 e. The number of rotatable bonds is 2. The van der Waals surface area contributed by atoms with Gasteiger partial charge in [-0.25, -0.2) is 0 Å². The van der Waals surface area contributed by atoms with Crippen LogP contribution in [0, 0.1) is 0 Å². The smallest absolute Gasteiger partial charge is 0.0299 e. The van der Waals surface area contributed by atoms with E-state index >= 15 is 0 Å². The Kier molecular flexibility index (Phi) is 3.53. The van der Waals surface area contributed by atoms with Crippen molar-refractivity contribution in [3.63, 3.8) is 0 Å². The highest BCUT2D eigenvalue weighted by Crippen LogP contribution is 2.03. The number of nitrogens with one attached hydrogen (secondary N) is 1. The molecule has 0 aliphatic carbocycles. The van der Waals surface area contributed by atoms with Crippen LogP contribution in [-0.4, -0.2) is 6.54 Å². The van der Waals surface area contributed by atoms with E-state index in [1.165, 1.54) is 18.5 Å². The Balaban J connectivity index is 2.40. The molecule has 0 atom stereocenters. The van der Waals surface area contributed by atoms with E-state index in [4.69, 9.17) is 0 Å². The normalized spacial score (nSPS) is 18.8. The first-order chi connectivity index (χ1) is 5.43. The van der Waals surface area contributed by atoms with E-state index in [9.17, 15) is 0 Å². The van der Waals surface area contributed by atoms with Crippen LogP contribution < -0.4 is 5.32 Å². The van der Waals surface area contributed by atoms with Crippen molar-refractivity contribution in [2.24, 2.45) is 0 Å². The topological polar surface area (TPSA) is 12.0 Å². The van der Waals surface area contributed by atoms with E-state index in [1.807, 2.05) is 19.1 Å². The van der Waals surface area contributed by atoms with Gasteiger partial charge in [-0.2, -0.15) is 0 Å². The fourth-order valence-electron chi connectivity index (χ4n) is 1.06. The molecule has 0 radical (unpaired) electrons. The quantitative estimate of drug-likeness (QED) is 0.594. The van der Waals surface area contributed by atoms with Gasteiger partial charge >= 0.3 is 0 Å².